The van der Waals surface area contributed by atoms with Crippen molar-refractivity contribution in [1.82, 2.24) is 9.80 Å². The number of nitrogens with zero attached hydrogens (tertiary/aromatic N) is 2. The lowest BCUT2D eigenvalue weighted by molar-refractivity contribution is -0.140. The minimum absolute atomic E-state index is 0.0605. The van der Waals surface area contributed by atoms with Crippen LogP contribution in [0, 0.1) is 5.82 Å². The van der Waals surface area contributed by atoms with Crippen LogP contribution in [0.3, 0.4) is 0 Å². The Morgan fingerprint density at radius 3 is 2.30 bits per heavy atom. The molecule has 2 aromatic carbocycles. The highest BCUT2D eigenvalue weighted by Crippen LogP contribution is 2.41. The fourth-order valence-electron chi connectivity index (χ4n) is 4.03. The average Bonchev–Trinajstić information content (AvgIpc) is 3.09. The first-order valence-electron chi connectivity index (χ1n) is 10.8. The highest BCUT2D eigenvalue weighted by atomic mass is 19.1. The van der Waals surface area contributed by atoms with Crippen molar-refractivity contribution in [3.05, 3.63) is 65.0 Å². The third kappa shape index (κ3) is 4.85. The van der Waals surface area contributed by atoms with Crippen molar-refractivity contribution in [3.8, 4) is 11.5 Å². The highest BCUT2D eigenvalue weighted by molar-refractivity contribution is 6.46. The van der Waals surface area contributed by atoms with Gasteiger partial charge in [0.2, 0.25) is 0 Å². The molecule has 2 aromatic rings. The first-order chi connectivity index (χ1) is 15.9. The Balaban J connectivity index is 2.14. The summed E-state index contributed by atoms with van der Waals surface area (Å²) in [6.45, 7) is 6.47. The molecular weight excluding hydrogens is 427 g/mol. The van der Waals surface area contributed by atoms with Crippen LogP contribution in [-0.4, -0.2) is 67.0 Å². The predicted molar refractivity (Wildman–Crippen MR) is 123 cm³/mol. The highest BCUT2D eigenvalue weighted by Gasteiger charge is 2.46. The van der Waals surface area contributed by atoms with Crippen LogP contribution in [0.15, 0.2) is 48.0 Å². The van der Waals surface area contributed by atoms with Gasteiger partial charge in [0, 0.05) is 19.2 Å². The van der Waals surface area contributed by atoms with Crippen LogP contribution >= 0.6 is 0 Å². The molecule has 1 heterocycles. The summed E-state index contributed by atoms with van der Waals surface area (Å²) in [6.07, 6.45) is 0. The fraction of sp³-hybridized carbons (Fsp3) is 0.360. The summed E-state index contributed by atoms with van der Waals surface area (Å²) < 4.78 is 24.2. The van der Waals surface area contributed by atoms with Crippen molar-refractivity contribution in [2.24, 2.45) is 0 Å². The summed E-state index contributed by atoms with van der Waals surface area (Å²) in [4.78, 5) is 29.7. The minimum Gasteiger partial charge on any atom is -0.507 e. The number of amides is 1. The third-order valence-corrected chi connectivity index (χ3v) is 5.94. The second kappa shape index (κ2) is 10.5. The van der Waals surface area contributed by atoms with Crippen LogP contribution in [0.25, 0.3) is 5.76 Å². The second-order valence-electron chi connectivity index (χ2n) is 7.64. The number of Topliss-reactive ketones (excluding diaryl/α,β-unsaturated/α-hetero) is 1. The zero-order chi connectivity index (χ0) is 24.1. The Bertz CT molecular complexity index is 1050. The van der Waals surface area contributed by atoms with E-state index in [0.717, 1.165) is 13.1 Å². The second-order valence-corrected chi connectivity index (χ2v) is 7.64. The summed E-state index contributed by atoms with van der Waals surface area (Å²) in [7, 11) is 2.94. The summed E-state index contributed by atoms with van der Waals surface area (Å²) in [6, 6.07) is 9.51. The van der Waals surface area contributed by atoms with Crippen molar-refractivity contribution < 1.29 is 28.6 Å². The molecule has 176 valence electrons. The van der Waals surface area contributed by atoms with Gasteiger partial charge in [-0.25, -0.2) is 4.39 Å². The number of ketones is 1. The predicted octanol–water partition coefficient (Wildman–Crippen LogP) is 3.61. The maximum Gasteiger partial charge on any atom is 0.295 e. The number of aliphatic hydroxyl groups is 1. The van der Waals surface area contributed by atoms with Gasteiger partial charge >= 0.3 is 0 Å². The topological polar surface area (TPSA) is 79.3 Å². The van der Waals surface area contributed by atoms with Crippen molar-refractivity contribution in [2.75, 3.05) is 40.4 Å². The van der Waals surface area contributed by atoms with Crippen LogP contribution in [-0.2, 0) is 9.59 Å². The van der Waals surface area contributed by atoms with Crippen LogP contribution < -0.4 is 9.47 Å². The zero-order valence-corrected chi connectivity index (χ0v) is 19.3. The van der Waals surface area contributed by atoms with E-state index >= 15 is 0 Å². The van der Waals surface area contributed by atoms with Gasteiger partial charge in [-0.05, 0) is 42.9 Å². The third-order valence-electron chi connectivity index (χ3n) is 5.94. The quantitative estimate of drug-likeness (QED) is 0.353. The molecule has 8 heteroatoms. The molecule has 0 radical (unpaired) electrons. The molecule has 0 aliphatic carbocycles. The minimum atomic E-state index is -0.854. The van der Waals surface area contributed by atoms with Crippen LogP contribution in [0.2, 0.25) is 0 Å². The smallest absolute Gasteiger partial charge is 0.295 e. The van der Waals surface area contributed by atoms with Crippen LogP contribution in [0.1, 0.15) is 31.0 Å². The molecule has 7 nitrogen and oxygen atoms in total. The van der Waals surface area contributed by atoms with Crippen LogP contribution in [0.4, 0.5) is 4.39 Å². The number of halogens is 1. The molecule has 3 rings (SSSR count). The van der Waals surface area contributed by atoms with E-state index in [1.54, 1.807) is 18.2 Å². The summed E-state index contributed by atoms with van der Waals surface area (Å²) in [5.41, 5.74) is 0.728. The van der Waals surface area contributed by atoms with Gasteiger partial charge < -0.3 is 24.4 Å². The number of carbonyl (C=O) groups is 2. The summed E-state index contributed by atoms with van der Waals surface area (Å²) in [5, 5.41) is 11.2. The fourth-order valence-corrected chi connectivity index (χ4v) is 4.03. The monoisotopic (exact) mass is 456 g/mol. The van der Waals surface area contributed by atoms with Crippen molar-refractivity contribution in [3.63, 3.8) is 0 Å². The summed E-state index contributed by atoms with van der Waals surface area (Å²) in [5.74, 6) is -1.48. The lowest BCUT2D eigenvalue weighted by Gasteiger charge is -2.28. The molecule has 1 unspecified atom stereocenters. The van der Waals surface area contributed by atoms with Crippen molar-refractivity contribution in [1.29, 1.82) is 0 Å². The Morgan fingerprint density at radius 2 is 1.73 bits per heavy atom. The Labute approximate surface area is 193 Å². The van der Waals surface area contributed by atoms with Crippen molar-refractivity contribution >= 4 is 17.4 Å². The van der Waals surface area contributed by atoms with Crippen LogP contribution in [0.5, 0.6) is 11.5 Å². The SMILES string of the molecule is CCN(CC)CCN1C(=O)C(=O)/C(=C(\O)c2ccc(OC)cc2OC)C1c1ccc(F)cc1. The van der Waals surface area contributed by atoms with Gasteiger partial charge in [-0.2, -0.15) is 0 Å². The molecule has 1 N–H and O–H groups in total. The van der Waals surface area contributed by atoms with Gasteiger partial charge in [-0.1, -0.05) is 26.0 Å². The van der Waals surface area contributed by atoms with Gasteiger partial charge in [-0.15, -0.1) is 0 Å². The largest absolute Gasteiger partial charge is 0.507 e. The van der Waals surface area contributed by atoms with Gasteiger partial charge in [0.1, 0.15) is 23.1 Å². The average molecular weight is 457 g/mol. The number of rotatable bonds is 9. The lowest BCUT2D eigenvalue weighted by atomic mass is 9.95. The Kier molecular flexibility index (Phi) is 7.71. The maximum absolute atomic E-state index is 13.6. The normalized spacial score (nSPS) is 17.6. The first-order valence-corrected chi connectivity index (χ1v) is 10.8. The molecule has 33 heavy (non-hydrogen) atoms. The van der Waals surface area contributed by atoms with Gasteiger partial charge in [0.05, 0.1) is 31.4 Å². The summed E-state index contributed by atoms with van der Waals surface area (Å²) >= 11 is 0. The molecular formula is C25H29FN2O5. The molecule has 1 saturated heterocycles. The number of likely N-dealkylation sites (N-methyl/N-ethyl adjacent to an activating group) is 1. The molecule has 1 aliphatic heterocycles. The maximum atomic E-state index is 13.6. The standard InChI is InChI=1S/C25H29FN2O5/c1-5-27(6-2)13-14-28-22(16-7-9-17(26)10-8-16)21(24(30)25(28)31)23(29)19-12-11-18(32-3)15-20(19)33-4/h7-12,15,22,29H,5-6,13-14H2,1-4H3/b23-21-. The molecule has 1 amide bonds. The van der Waals surface area contributed by atoms with E-state index in [2.05, 4.69) is 4.90 Å². The number of hydrogen-bond acceptors (Lipinski definition) is 6. The number of benzene rings is 2. The lowest BCUT2D eigenvalue weighted by Crippen LogP contribution is -2.38. The van der Waals surface area contributed by atoms with Gasteiger partial charge in [-0.3, -0.25) is 9.59 Å². The van der Waals surface area contributed by atoms with E-state index in [0.29, 0.717) is 23.6 Å². The molecule has 0 saturated carbocycles. The number of carbonyl (C=O) groups excluding carboxylic acids is 2. The van der Waals surface area contributed by atoms with E-state index in [4.69, 9.17) is 9.47 Å². The first kappa shape index (κ1) is 24.3. The molecule has 0 bridgehead atoms. The van der Waals surface area contributed by atoms with E-state index < -0.39 is 23.5 Å². The van der Waals surface area contributed by atoms with Gasteiger partial charge in [0.15, 0.2) is 0 Å². The van der Waals surface area contributed by atoms with Gasteiger partial charge in [0.25, 0.3) is 11.7 Å². The Morgan fingerprint density at radius 1 is 1.06 bits per heavy atom. The Hall–Kier alpha value is -3.39. The van der Waals surface area contributed by atoms with Crippen molar-refractivity contribution in [2.45, 2.75) is 19.9 Å². The number of aliphatic hydroxyl groups excluding tert-OH is 1. The number of ether oxygens (including phenoxy) is 2. The molecule has 1 atom stereocenters. The molecule has 0 spiro atoms. The molecule has 1 fully saturated rings. The van der Waals surface area contributed by atoms with E-state index in [-0.39, 0.29) is 23.4 Å². The van der Waals surface area contributed by atoms with E-state index in [1.165, 1.54) is 43.4 Å². The number of hydrogen-bond donors (Lipinski definition) is 1. The van der Waals surface area contributed by atoms with E-state index in [1.807, 2.05) is 13.8 Å². The zero-order valence-electron chi connectivity index (χ0n) is 19.3. The molecule has 0 aromatic heterocycles. The molecule has 1 aliphatic rings. The number of methoxy groups -OCH3 is 2. The number of likely N-dealkylation sites (tertiary alicyclic amines) is 1. The van der Waals surface area contributed by atoms with E-state index in [9.17, 15) is 19.1 Å².